The molecule has 8 nitrogen and oxygen atoms in total. The van der Waals surface area contributed by atoms with Crippen LogP contribution < -0.4 is 0 Å². The van der Waals surface area contributed by atoms with E-state index in [1.807, 2.05) is 36.6 Å². The quantitative estimate of drug-likeness (QED) is 0.384. The minimum Gasteiger partial charge on any atom is -0.344 e. The first kappa shape index (κ1) is 21.4. The van der Waals surface area contributed by atoms with Gasteiger partial charge < -0.3 is 4.57 Å². The smallest absolute Gasteiger partial charge is 0.192 e. The van der Waals surface area contributed by atoms with E-state index in [1.54, 1.807) is 12.4 Å². The van der Waals surface area contributed by atoms with Crippen molar-refractivity contribution in [1.82, 2.24) is 24.3 Å². The molecule has 168 valence electrons. The molecule has 3 aromatic heterocycles. The topological polar surface area (TPSA) is 99.7 Å². The fraction of sp³-hybridized carbons (Fsp3) is 0.455. The molecule has 10 heteroatoms. The number of ketones is 1. The third-order valence-electron chi connectivity index (χ3n) is 6.21. The first-order chi connectivity index (χ1) is 15.3. The number of carbonyl (C=O) groups excluding carboxylic acids is 1. The Balaban J connectivity index is 1.35. The second kappa shape index (κ2) is 8.15. The van der Waals surface area contributed by atoms with Gasteiger partial charge in [0.2, 0.25) is 0 Å². The summed E-state index contributed by atoms with van der Waals surface area (Å²) < 4.78 is 28.0. The standard InChI is InChI=1S/C22H25N5O3S2/c1-14-11-19(15(2)26(14)18-7-10-32(29,30)13-18)20(28)12-31-22-25-24-21(27(22)17-3-4-17)16-5-8-23-9-6-16/h5-6,8-9,11,17-18H,3-4,7,10,12-13H2,1-2H3. The average Bonchev–Trinajstić information content (AvgIpc) is 3.31. The highest BCUT2D eigenvalue weighted by Crippen LogP contribution is 2.41. The van der Waals surface area contributed by atoms with Gasteiger partial charge in [-0.2, -0.15) is 0 Å². The molecule has 0 N–H and O–H groups in total. The summed E-state index contributed by atoms with van der Waals surface area (Å²) in [6, 6.07) is 6.01. The Bertz CT molecular complexity index is 1280. The highest BCUT2D eigenvalue weighted by Gasteiger charge is 2.33. The lowest BCUT2D eigenvalue weighted by molar-refractivity contribution is 0.102. The maximum absolute atomic E-state index is 13.1. The van der Waals surface area contributed by atoms with Gasteiger partial charge in [0.25, 0.3) is 0 Å². The summed E-state index contributed by atoms with van der Waals surface area (Å²) in [5, 5.41) is 9.52. The third-order valence-corrected chi connectivity index (χ3v) is 8.90. The molecule has 4 heterocycles. The van der Waals surface area contributed by atoms with Gasteiger partial charge in [-0.05, 0) is 51.3 Å². The van der Waals surface area contributed by atoms with Crippen molar-refractivity contribution in [2.24, 2.45) is 0 Å². The normalized spacial score (nSPS) is 20.0. The number of nitrogens with zero attached hydrogens (tertiary/aromatic N) is 5. The molecule has 1 aliphatic carbocycles. The number of sulfone groups is 1. The van der Waals surface area contributed by atoms with Gasteiger partial charge in [0.1, 0.15) is 0 Å². The lowest BCUT2D eigenvalue weighted by Crippen LogP contribution is -2.14. The summed E-state index contributed by atoms with van der Waals surface area (Å²) in [6.07, 6.45) is 6.25. The average molecular weight is 472 g/mol. The molecule has 0 bridgehead atoms. The van der Waals surface area contributed by atoms with Crippen molar-refractivity contribution in [3.8, 4) is 11.4 Å². The van der Waals surface area contributed by atoms with Crippen LogP contribution in [-0.2, 0) is 9.84 Å². The van der Waals surface area contributed by atoms with Gasteiger partial charge in [-0.1, -0.05) is 11.8 Å². The Morgan fingerprint density at radius 3 is 2.50 bits per heavy atom. The van der Waals surface area contributed by atoms with Crippen molar-refractivity contribution in [2.75, 3.05) is 17.3 Å². The van der Waals surface area contributed by atoms with Crippen LogP contribution in [0.15, 0.2) is 35.7 Å². The van der Waals surface area contributed by atoms with E-state index in [-0.39, 0.29) is 29.1 Å². The van der Waals surface area contributed by atoms with Crippen LogP contribution in [0.2, 0.25) is 0 Å². The predicted molar refractivity (Wildman–Crippen MR) is 123 cm³/mol. The summed E-state index contributed by atoms with van der Waals surface area (Å²) >= 11 is 1.41. The highest BCUT2D eigenvalue weighted by atomic mass is 32.2. The van der Waals surface area contributed by atoms with Crippen molar-refractivity contribution in [3.63, 3.8) is 0 Å². The fourth-order valence-corrected chi connectivity index (χ4v) is 7.13. The number of hydrogen-bond acceptors (Lipinski definition) is 7. The van der Waals surface area contributed by atoms with Gasteiger partial charge in [0.15, 0.2) is 26.6 Å². The van der Waals surface area contributed by atoms with Crippen molar-refractivity contribution in [1.29, 1.82) is 0 Å². The van der Waals surface area contributed by atoms with Crippen molar-refractivity contribution in [2.45, 2.75) is 50.4 Å². The molecule has 1 saturated carbocycles. The first-order valence-corrected chi connectivity index (χ1v) is 13.5. The third kappa shape index (κ3) is 4.01. The van der Waals surface area contributed by atoms with Crippen LogP contribution in [0.4, 0.5) is 0 Å². The van der Waals surface area contributed by atoms with Crippen molar-refractivity contribution in [3.05, 3.63) is 47.5 Å². The van der Waals surface area contributed by atoms with Crippen LogP contribution in [-0.4, -0.2) is 55.8 Å². The predicted octanol–water partition coefficient (Wildman–Crippen LogP) is 3.43. The van der Waals surface area contributed by atoms with Crippen LogP contribution in [0.5, 0.6) is 0 Å². The summed E-state index contributed by atoms with van der Waals surface area (Å²) in [7, 11) is -2.99. The molecule has 32 heavy (non-hydrogen) atoms. The molecule has 0 aromatic carbocycles. The molecule has 1 atom stereocenters. The molecule has 1 saturated heterocycles. The molecule has 2 fully saturated rings. The first-order valence-electron chi connectivity index (χ1n) is 10.7. The van der Waals surface area contributed by atoms with Gasteiger partial charge in [0.05, 0.1) is 17.3 Å². The second-order valence-electron chi connectivity index (χ2n) is 8.57. The van der Waals surface area contributed by atoms with Gasteiger partial charge >= 0.3 is 0 Å². The number of aromatic nitrogens is 5. The Hall–Kier alpha value is -2.46. The van der Waals surface area contributed by atoms with E-state index in [0.717, 1.165) is 40.8 Å². The molecule has 5 rings (SSSR count). The number of Topliss-reactive ketones (excluding diaryl/α,β-unsaturated/α-hetero) is 1. The van der Waals surface area contributed by atoms with Crippen LogP contribution in [0.3, 0.4) is 0 Å². The zero-order valence-corrected chi connectivity index (χ0v) is 19.7. The molecule has 1 unspecified atom stereocenters. The van der Waals surface area contributed by atoms with Crippen molar-refractivity contribution < 1.29 is 13.2 Å². The van der Waals surface area contributed by atoms with Crippen molar-refractivity contribution >= 4 is 27.4 Å². The largest absolute Gasteiger partial charge is 0.344 e. The molecule has 0 radical (unpaired) electrons. The van der Waals surface area contributed by atoms with Gasteiger partial charge in [-0.25, -0.2) is 8.42 Å². The number of rotatable bonds is 7. The maximum atomic E-state index is 13.1. The van der Waals surface area contributed by atoms with E-state index < -0.39 is 9.84 Å². The number of pyridine rings is 1. The van der Waals surface area contributed by atoms with E-state index in [9.17, 15) is 13.2 Å². The number of carbonyl (C=O) groups is 1. The molecular formula is C22H25N5O3S2. The lowest BCUT2D eigenvalue weighted by Gasteiger charge is -2.16. The van der Waals surface area contributed by atoms with E-state index >= 15 is 0 Å². The van der Waals surface area contributed by atoms with E-state index in [2.05, 4.69) is 19.7 Å². The minimum absolute atomic E-state index is 0.0195. The second-order valence-corrected chi connectivity index (χ2v) is 11.7. The fourth-order valence-electron chi connectivity index (χ4n) is 4.54. The zero-order valence-electron chi connectivity index (χ0n) is 18.1. The zero-order chi connectivity index (χ0) is 22.5. The number of thioether (sulfide) groups is 1. The summed E-state index contributed by atoms with van der Waals surface area (Å²) in [5.41, 5.74) is 3.40. The molecule has 1 aliphatic heterocycles. The number of hydrogen-bond donors (Lipinski definition) is 0. The highest BCUT2D eigenvalue weighted by molar-refractivity contribution is 7.99. The molecule has 0 amide bonds. The number of aryl methyl sites for hydroxylation is 1. The van der Waals surface area contributed by atoms with E-state index in [0.29, 0.717) is 18.0 Å². The Morgan fingerprint density at radius 1 is 1.09 bits per heavy atom. The van der Waals surface area contributed by atoms with Gasteiger partial charge in [0, 0.05) is 47.0 Å². The van der Waals surface area contributed by atoms with E-state index in [1.165, 1.54) is 11.8 Å². The molecular weight excluding hydrogens is 446 g/mol. The summed E-state index contributed by atoms with van der Waals surface area (Å²) in [6.45, 7) is 3.84. The summed E-state index contributed by atoms with van der Waals surface area (Å²) in [5.74, 6) is 1.45. The van der Waals surface area contributed by atoms with Crippen LogP contribution >= 0.6 is 11.8 Å². The molecule has 2 aliphatic rings. The summed E-state index contributed by atoms with van der Waals surface area (Å²) in [4.78, 5) is 17.2. The minimum atomic E-state index is -2.99. The lowest BCUT2D eigenvalue weighted by atomic mass is 10.2. The maximum Gasteiger partial charge on any atom is 0.192 e. The Morgan fingerprint density at radius 2 is 1.84 bits per heavy atom. The Kier molecular flexibility index (Phi) is 5.45. The monoisotopic (exact) mass is 471 g/mol. The van der Waals surface area contributed by atoms with Crippen LogP contribution in [0, 0.1) is 13.8 Å². The Labute approximate surface area is 191 Å². The van der Waals surface area contributed by atoms with Crippen LogP contribution in [0.25, 0.3) is 11.4 Å². The van der Waals surface area contributed by atoms with Crippen LogP contribution in [0.1, 0.15) is 53.1 Å². The molecule has 0 spiro atoms. The SMILES string of the molecule is Cc1cc(C(=O)CSc2nnc(-c3ccncc3)n2C2CC2)c(C)n1C1CCS(=O)(=O)C1. The van der Waals surface area contributed by atoms with Gasteiger partial charge in [-0.15, -0.1) is 10.2 Å². The van der Waals surface area contributed by atoms with Gasteiger partial charge in [-0.3, -0.25) is 14.3 Å². The van der Waals surface area contributed by atoms with E-state index in [4.69, 9.17) is 0 Å². The molecule has 3 aromatic rings.